The van der Waals surface area contributed by atoms with Crippen molar-refractivity contribution in [3.05, 3.63) is 35.4 Å². The van der Waals surface area contributed by atoms with E-state index in [1.807, 2.05) is 6.92 Å². The lowest BCUT2D eigenvalue weighted by Gasteiger charge is -2.35. The molecule has 0 aliphatic carbocycles. The summed E-state index contributed by atoms with van der Waals surface area (Å²) in [5.41, 5.74) is -1.18. The summed E-state index contributed by atoms with van der Waals surface area (Å²) in [6.07, 6.45) is -2.73. The Hall–Kier alpha value is -2.58. The van der Waals surface area contributed by atoms with Gasteiger partial charge in [-0.1, -0.05) is 12.1 Å². The van der Waals surface area contributed by atoms with Crippen molar-refractivity contribution >= 4 is 17.7 Å². The topological polar surface area (TPSA) is 78.5 Å². The van der Waals surface area contributed by atoms with Gasteiger partial charge in [-0.15, -0.1) is 0 Å². The van der Waals surface area contributed by atoms with E-state index < -0.39 is 23.3 Å². The largest absolute Gasteiger partial charge is 0.416 e. The number of hydrogen-bond donors (Lipinski definition) is 2. The second-order valence-corrected chi connectivity index (χ2v) is 7.93. The molecule has 2 heterocycles. The van der Waals surface area contributed by atoms with E-state index in [9.17, 15) is 27.6 Å². The van der Waals surface area contributed by atoms with Crippen LogP contribution in [0.15, 0.2) is 24.3 Å². The fourth-order valence-electron chi connectivity index (χ4n) is 4.43. The van der Waals surface area contributed by atoms with E-state index in [4.69, 9.17) is 0 Å². The average molecular weight is 411 g/mol. The zero-order valence-electron chi connectivity index (χ0n) is 16.3. The number of carbonyl (C=O) groups is 3. The number of halogens is 3. The van der Waals surface area contributed by atoms with Gasteiger partial charge >= 0.3 is 6.18 Å². The Labute approximate surface area is 166 Å². The fourth-order valence-corrected chi connectivity index (χ4v) is 4.43. The molecule has 0 saturated carbocycles. The van der Waals surface area contributed by atoms with Crippen molar-refractivity contribution in [2.75, 3.05) is 6.54 Å². The van der Waals surface area contributed by atoms with Gasteiger partial charge in [0.2, 0.25) is 17.7 Å². The first-order chi connectivity index (χ1) is 13.5. The molecule has 3 amide bonds. The lowest BCUT2D eigenvalue weighted by atomic mass is 9.88. The number of nitrogens with zero attached hydrogens (tertiary/aromatic N) is 1. The van der Waals surface area contributed by atoms with Gasteiger partial charge in [0.05, 0.1) is 29.7 Å². The number of nitrogens with one attached hydrogen (secondary N) is 2. The molecule has 9 heteroatoms. The van der Waals surface area contributed by atoms with Crippen molar-refractivity contribution in [1.29, 1.82) is 0 Å². The highest BCUT2D eigenvalue weighted by Crippen LogP contribution is 2.46. The van der Waals surface area contributed by atoms with E-state index in [1.54, 1.807) is 11.0 Å². The zero-order chi connectivity index (χ0) is 21.4. The molecular formula is C20H24F3N3O3. The molecule has 158 valence electrons. The predicted molar refractivity (Wildman–Crippen MR) is 98.5 cm³/mol. The highest BCUT2D eigenvalue weighted by Gasteiger charge is 2.53. The molecule has 2 aliphatic rings. The summed E-state index contributed by atoms with van der Waals surface area (Å²) in [5.74, 6) is -0.883. The Balaban J connectivity index is 2.00. The second-order valence-electron chi connectivity index (χ2n) is 7.93. The van der Waals surface area contributed by atoms with Gasteiger partial charge in [-0.05, 0) is 43.9 Å². The van der Waals surface area contributed by atoms with Crippen molar-refractivity contribution in [3.63, 3.8) is 0 Å². The molecule has 29 heavy (non-hydrogen) atoms. The smallest absolute Gasteiger partial charge is 0.349 e. The number of rotatable bonds is 3. The van der Waals surface area contributed by atoms with Crippen LogP contribution in [0.25, 0.3) is 0 Å². The van der Waals surface area contributed by atoms with Gasteiger partial charge in [0, 0.05) is 13.3 Å². The maximum Gasteiger partial charge on any atom is 0.416 e. The van der Waals surface area contributed by atoms with Gasteiger partial charge in [0.15, 0.2) is 0 Å². The van der Waals surface area contributed by atoms with Crippen molar-refractivity contribution in [2.45, 2.75) is 63.3 Å². The Morgan fingerprint density at radius 1 is 1.34 bits per heavy atom. The predicted octanol–water partition coefficient (Wildman–Crippen LogP) is 2.54. The van der Waals surface area contributed by atoms with Crippen molar-refractivity contribution in [3.8, 4) is 0 Å². The summed E-state index contributed by atoms with van der Waals surface area (Å²) in [6.45, 7) is 2.87. The Morgan fingerprint density at radius 2 is 2.07 bits per heavy atom. The van der Waals surface area contributed by atoms with E-state index in [1.165, 1.54) is 13.0 Å². The van der Waals surface area contributed by atoms with Crippen LogP contribution in [0.1, 0.15) is 56.7 Å². The van der Waals surface area contributed by atoms with E-state index in [0.29, 0.717) is 31.2 Å². The minimum absolute atomic E-state index is 0.131. The third-order valence-electron chi connectivity index (χ3n) is 5.71. The lowest BCUT2D eigenvalue weighted by molar-refractivity contribution is -0.137. The van der Waals surface area contributed by atoms with Crippen LogP contribution in [-0.4, -0.2) is 40.7 Å². The average Bonchev–Trinajstić information content (AvgIpc) is 2.82. The molecule has 3 rings (SSSR count). The molecule has 2 fully saturated rings. The summed E-state index contributed by atoms with van der Waals surface area (Å²) in [7, 11) is 0. The van der Waals surface area contributed by atoms with E-state index >= 15 is 0 Å². The standard InChI is InChI=1S/C20H24F3N3O3/c1-12(27)24-11-18(29)26-15(13-5-3-6-14(9-13)20(21,22)23)10-19(2)16(26)7-4-8-17(28)25-19/h3,5-6,9,15-16H,4,7-8,10-11H2,1-2H3,(H,24,27)(H,25,28)/t15-,16-,19-/m0/s1. The molecule has 0 bridgehead atoms. The third kappa shape index (κ3) is 4.38. The first-order valence-electron chi connectivity index (χ1n) is 9.55. The SMILES string of the molecule is CC(=O)NCC(=O)N1[C@H]2CCCC(=O)N[C@@]2(C)C[C@H]1c1cccc(C(F)(F)F)c1. The summed E-state index contributed by atoms with van der Waals surface area (Å²) in [6, 6.07) is 3.93. The quantitative estimate of drug-likeness (QED) is 0.803. The molecule has 2 N–H and O–H groups in total. The highest BCUT2D eigenvalue weighted by atomic mass is 19.4. The Bertz CT molecular complexity index is 827. The minimum atomic E-state index is -4.50. The van der Waals surface area contributed by atoms with Crippen molar-refractivity contribution < 1.29 is 27.6 Å². The Kier molecular flexibility index (Phi) is 5.60. The molecule has 0 spiro atoms. The molecule has 1 aromatic rings. The van der Waals surface area contributed by atoms with Crippen molar-refractivity contribution in [2.24, 2.45) is 0 Å². The minimum Gasteiger partial charge on any atom is -0.349 e. The van der Waals surface area contributed by atoms with Crippen LogP contribution in [0.3, 0.4) is 0 Å². The normalized spacial score (nSPS) is 27.1. The lowest BCUT2D eigenvalue weighted by Crippen LogP contribution is -2.55. The third-order valence-corrected chi connectivity index (χ3v) is 5.71. The number of carbonyl (C=O) groups excluding carboxylic acids is 3. The van der Waals surface area contributed by atoms with Gasteiger partial charge in [-0.25, -0.2) is 0 Å². The molecule has 0 radical (unpaired) electrons. The van der Waals surface area contributed by atoms with E-state index in [0.717, 1.165) is 12.1 Å². The van der Waals surface area contributed by atoms with Gasteiger partial charge < -0.3 is 15.5 Å². The summed E-state index contributed by atoms with van der Waals surface area (Å²) in [5, 5.41) is 5.43. The second kappa shape index (κ2) is 7.68. The number of hydrogen-bond acceptors (Lipinski definition) is 3. The highest BCUT2D eigenvalue weighted by molar-refractivity contribution is 5.85. The van der Waals surface area contributed by atoms with Gasteiger partial charge in [-0.2, -0.15) is 13.2 Å². The Morgan fingerprint density at radius 3 is 2.72 bits per heavy atom. The molecule has 0 unspecified atom stereocenters. The maximum absolute atomic E-state index is 13.2. The number of benzene rings is 1. The fraction of sp³-hybridized carbons (Fsp3) is 0.550. The molecule has 0 aromatic heterocycles. The molecular weight excluding hydrogens is 387 g/mol. The summed E-state index contributed by atoms with van der Waals surface area (Å²) < 4.78 is 39.6. The van der Waals surface area contributed by atoms with Gasteiger partial charge in [0.1, 0.15) is 0 Å². The van der Waals surface area contributed by atoms with Crippen LogP contribution in [0, 0.1) is 0 Å². The van der Waals surface area contributed by atoms with Crippen LogP contribution in [0.5, 0.6) is 0 Å². The zero-order valence-corrected chi connectivity index (χ0v) is 16.3. The van der Waals surface area contributed by atoms with Crippen LogP contribution in [0.2, 0.25) is 0 Å². The molecule has 3 atom stereocenters. The number of amides is 3. The van der Waals surface area contributed by atoms with E-state index in [-0.39, 0.29) is 30.3 Å². The number of alkyl halides is 3. The first kappa shape index (κ1) is 21.1. The molecule has 1 aromatic carbocycles. The molecule has 2 aliphatic heterocycles. The van der Waals surface area contributed by atoms with Crippen LogP contribution in [-0.2, 0) is 20.6 Å². The maximum atomic E-state index is 13.2. The number of fused-ring (bicyclic) bond motifs is 1. The van der Waals surface area contributed by atoms with Crippen LogP contribution >= 0.6 is 0 Å². The first-order valence-corrected chi connectivity index (χ1v) is 9.55. The van der Waals surface area contributed by atoms with Gasteiger partial charge in [-0.3, -0.25) is 14.4 Å². The summed E-state index contributed by atoms with van der Waals surface area (Å²) >= 11 is 0. The number of likely N-dealkylation sites (tertiary alicyclic amines) is 1. The van der Waals surface area contributed by atoms with Crippen molar-refractivity contribution in [1.82, 2.24) is 15.5 Å². The van der Waals surface area contributed by atoms with Crippen LogP contribution in [0.4, 0.5) is 13.2 Å². The molecule has 2 saturated heterocycles. The van der Waals surface area contributed by atoms with E-state index in [2.05, 4.69) is 10.6 Å². The van der Waals surface area contributed by atoms with Gasteiger partial charge in [0.25, 0.3) is 0 Å². The monoisotopic (exact) mass is 411 g/mol. The van der Waals surface area contributed by atoms with Crippen LogP contribution < -0.4 is 10.6 Å². The summed E-state index contributed by atoms with van der Waals surface area (Å²) in [4.78, 5) is 37.9. The molecule has 6 nitrogen and oxygen atoms in total.